The van der Waals surface area contributed by atoms with Gasteiger partial charge >= 0.3 is 0 Å². The van der Waals surface area contributed by atoms with Gasteiger partial charge in [0.25, 0.3) is 5.91 Å². The van der Waals surface area contributed by atoms with Gasteiger partial charge in [0.15, 0.2) is 0 Å². The number of piperazine rings is 1. The van der Waals surface area contributed by atoms with Crippen LogP contribution in [0.5, 0.6) is 0 Å². The van der Waals surface area contributed by atoms with Crippen LogP contribution in [0.4, 0.5) is 0 Å². The summed E-state index contributed by atoms with van der Waals surface area (Å²) in [6.07, 6.45) is -0.907. The lowest BCUT2D eigenvalue weighted by molar-refractivity contribution is -0.141. The first-order chi connectivity index (χ1) is 9.49. The van der Waals surface area contributed by atoms with Crippen LogP contribution in [0, 0.1) is 0 Å². The molecule has 0 bridgehead atoms. The first kappa shape index (κ1) is 15.3. The van der Waals surface area contributed by atoms with Crippen LogP contribution in [0.1, 0.15) is 25.5 Å². The number of nitrogens with zero attached hydrogens (tertiary/aromatic N) is 2. The van der Waals surface area contributed by atoms with Crippen molar-refractivity contribution in [1.82, 2.24) is 9.80 Å². The van der Waals surface area contributed by atoms with E-state index in [0.717, 1.165) is 18.1 Å². The lowest BCUT2D eigenvalue weighted by Gasteiger charge is -2.38. The van der Waals surface area contributed by atoms with Crippen LogP contribution in [0.15, 0.2) is 24.3 Å². The molecule has 0 spiro atoms. The van der Waals surface area contributed by atoms with Crippen molar-refractivity contribution in [1.29, 1.82) is 0 Å². The Bertz CT molecular complexity index is 453. The van der Waals surface area contributed by atoms with Crippen LogP contribution in [0.3, 0.4) is 0 Å². The smallest absolute Gasteiger partial charge is 0.251 e. The van der Waals surface area contributed by atoms with Gasteiger partial charge in [-0.05, 0) is 31.5 Å². The summed E-state index contributed by atoms with van der Waals surface area (Å²) in [5.41, 5.74) is 1.23. The minimum atomic E-state index is -0.907. The Hall–Kier alpha value is -1.10. The normalized spacial score (nSPS) is 19.7. The average molecular weight is 297 g/mol. The van der Waals surface area contributed by atoms with E-state index in [9.17, 15) is 9.90 Å². The molecule has 1 aliphatic heterocycles. The minimum Gasteiger partial charge on any atom is -0.384 e. The molecular formula is C15H21ClN2O2. The number of rotatable bonds is 3. The van der Waals surface area contributed by atoms with E-state index in [1.165, 1.54) is 12.5 Å². The summed E-state index contributed by atoms with van der Waals surface area (Å²) in [7, 11) is 0. The monoisotopic (exact) mass is 296 g/mol. The van der Waals surface area contributed by atoms with Gasteiger partial charge in [0.2, 0.25) is 0 Å². The van der Waals surface area contributed by atoms with E-state index in [0.29, 0.717) is 19.1 Å². The molecule has 1 fully saturated rings. The van der Waals surface area contributed by atoms with E-state index in [4.69, 9.17) is 11.6 Å². The van der Waals surface area contributed by atoms with Crippen molar-refractivity contribution in [3.05, 3.63) is 34.9 Å². The fraction of sp³-hybridized carbons (Fsp3) is 0.533. The number of halogens is 1. The molecule has 2 unspecified atom stereocenters. The average Bonchev–Trinajstić information content (AvgIpc) is 2.46. The SMILES string of the molecule is CC(O)C(=O)N1CCN(C(C)c2ccc(Cl)cc2)CC1. The van der Waals surface area contributed by atoms with Crippen LogP contribution in [-0.4, -0.2) is 53.1 Å². The van der Waals surface area contributed by atoms with E-state index in [2.05, 4.69) is 11.8 Å². The number of aliphatic hydroxyl groups excluding tert-OH is 1. The number of amides is 1. The van der Waals surface area contributed by atoms with Gasteiger partial charge in [-0.3, -0.25) is 9.69 Å². The molecule has 0 saturated carbocycles. The van der Waals surface area contributed by atoms with Crippen molar-refractivity contribution >= 4 is 17.5 Å². The molecule has 1 saturated heterocycles. The molecule has 2 rings (SSSR count). The largest absolute Gasteiger partial charge is 0.384 e. The number of carbonyl (C=O) groups excluding carboxylic acids is 1. The third-order valence-corrected chi connectivity index (χ3v) is 4.14. The lowest BCUT2D eigenvalue weighted by Crippen LogP contribution is -2.51. The molecule has 5 heteroatoms. The van der Waals surface area contributed by atoms with Crippen LogP contribution < -0.4 is 0 Å². The summed E-state index contributed by atoms with van der Waals surface area (Å²) in [5, 5.41) is 10.1. The molecule has 1 amide bonds. The second-order valence-corrected chi connectivity index (χ2v) is 5.70. The Balaban J connectivity index is 1.93. The number of aliphatic hydroxyl groups is 1. The van der Waals surface area contributed by atoms with Crippen LogP contribution >= 0.6 is 11.6 Å². The summed E-state index contributed by atoms with van der Waals surface area (Å²) in [6.45, 7) is 6.66. The molecule has 2 atom stereocenters. The first-order valence-corrected chi connectivity index (χ1v) is 7.33. The van der Waals surface area contributed by atoms with Crippen molar-refractivity contribution in [2.45, 2.75) is 26.0 Å². The van der Waals surface area contributed by atoms with Crippen LogP contribution in [-0.2, 0) is 4.79 Å². The topological polar surface area (TPSA) is 43.8 Å². The van der Waals surface area contributed by atoms with Gasteiger partial charge in [0.1, 0.15) is 6.10 Å². The van der Waals surface area contributed by atoms with E-state index >= 15 is 0 Å². The zero-order chi connectivity index (χ0) is 14.7. The number of hydrogen-bond donors (Lipinski definition) is 1. The molecule has 110 valence electrons. The van der Waals surface area contributed by atoms with Crippen molar-refractivity contribution in [3.63, 3.8) is 0 Å². The highest BCUT2D eigenvalue weighted by Gasteiger charge is 2.26. The predicted molar refractivity (Wildman–Crippen MR) is 79.7 cm³/mol. The van der Waals surface area contributed by atoms with Crippen LogP contribution in [0.25, 0.3) is 0 Å². The minimum absolute atomic E-state index is 0.177. The van der Waals surface area contributed by atoms with Gasteiger partial charge in [0.05, 0.1) is 0 Å². The maximum Gasteiger partial charge on any atom is 0.251 e. The molecular weight excluding hydrogens is 276 g/mol. The zero-order valence-corrected chi connectivity index (χ0v) is 12.7. The second-order valence-electron chi connectivity index (χ2n) is 5.26. The molecule has 0 aliphatic carbocycles. The first-order valence-electron chi connectivity index (χ1n) is 6.95. The molecule has 20 heavy (non-hydrogen) atoms. The highest BCUT2D eigenvalue weighted by atomic mass is 35.5. The highest BCUT2D eigenvalue weighted by molar-refractivity contribution is 6.30. The summed E-state index contributed by atoms with van der Waals surface area (Å²) >= 11 is 5.90. The molecule has 1 heterocycles. The Morgan fingerprint density at radius 2 is 1.70 bits per heavy atom. The molecule has 1 aliphatic rings. The van der Waals surface area contributed by atoms with E-state index in [1.807, 2.05) is 24.3 Å². The number of carbonyl (C=O) groups is 1. The lowest BCUT2D eigenvalue weighted by atomic mass is 10.1. The van der Waals surface area contributed by atoms with E-state index in [-0.39, 0.29) is 5.91 Å². The fourth-order valence-corrected chi connectivity index (χ4v) is 2.67. The summed E-state index contributed by atoms with van der Waals surface area (Å²) < 4.78 is 0. The van der Waals surface area contributed by atoms with Crippen molar-refractivity contribution in [2.75, 3.05) is 26.2 Å². The maximum absolute atomic E-state index is 11.7. The predicted octanol–water partition coefficient (Wildman–Crippen LogP) is 1.93. The standard InChI is InChI=1S/C15H21ClN2O2/c1-11(13-3-5-14(16)6-4-13)17-7-9-18(10-8-17)15(20)12(2)19/h3-6,11-12,19H,7-10H2,1-2H3. The van der Waals surface area contributed by atoms with Crippen molar-refractivity contribution < 1.29 is 9.90 Å². The van der Waals surface area contributed by atoms with E-state index < -0.39 is 6.10 Å². The number of hydrogen-bond acceptors (Lipinski definition) is 3. The van der Waals surface area contributed by atoms with Crippen LogP contribution in [0.2, 0.25) is 5.02 Å². The Labute approximate surface area is 124 Å². The van der Waals surface area contributed by atoms with Crippen molar-refractivity contribution in [3.8, 4) is 0 Å². The Kier molecular flexibility index (Phi) is 5.02. The summed E-state index contributed by atoms with van der Waals surface area (Å²) in [5.74, 6) is -0.177. The molecule has 1 aromatic carbocycles. The van der Waals surface area contributed by atoms with Gasteiger partial charge in [-0.15, -0.1) is 0 Å². The van der Waals surface area contributed by atoms with Gasteiger partial charge in [-0.1, -0.05) is 23.7 Å². The third-order valence-electron chi connectivity index (χ3n) is 3.88. The van der Waals surface area contributed by atoms with Gasteiger partial charge in [-0.25, -0.2) is 0 Å². The van der Waals surface area contributed by atoms with Gasteiger partial charge < -0.3 is 10.0 Å². The molecule has 4 nitrogen and oxygen atoms in total. The van der Waals surface area contributed by atoms with Gasteiger partial charge in [-0.2, -0.15) is 0 Å². The highest BCUT2D eigenvalue weighted by Crippen LogP contribution is 2.23. The Morgan fingerprint density at radius 1 is 1.15 bits per heavy atom. The maximum atomic E-state index is 11.7. The summed E-state index contributed by atoms with van der Waals surface area (Å²) in [6, 6.07) is 8.19. The summed E-state index contributed by atoms with van der Waals surface area (Å²) in [4.78, 5) is 15.8. The molecule has 0 aromatic heterocycles. The molecule has 1 N–H and O–H groups in total. The second kappa shape index (κ2) is 6.57. The molecule has 1 aromatic rings. The fourth-order valence-electron chi connectivity index (χ4n) is 2.55. The molecule has 0 radical (unpaired) electrons. The van der Waals surface area contributed by atoms with Crippen molar-refractivity contribution in [2.24, 2.45) is 0 Å². The van der Waals surface area contributed by atoms with E-state index in [1.54, 1.807) is 4.90 Å². The quantitative estimate of drug-likeness (QED) is 0.927. The zero-order valence-electron chi connectivity index (χ0n) is 11.9. The third kappa shape index (κ3) is 3.51. The van der Waals surface area contributed by atoms with Gasteiger partial charge in [0, 0.05) is 37.2 Å². The Morgan fingerprint density at radius 3 is 2.20 bits per heavy atom. The number of benzene rings is 1.